The molecule has 3 aromatic rings. The Morgan fingerprint density at radius 2 is 2.31 bits per heavy atom. The summed E-state index contributed by atoms with van der Waals surface area (Å²) >= 11 is 0. The average molecular weight is 396 g/mol. The monoisotopic (exact) mass is 396 g/mol. The molecule has 1 aliphatic heterocycles. The first-order chi connectivity index (χ1) is 14.0. The zero-order valence-corrected chi connectivity index (χ0v) is 16.9. The molecule has 0 unspecified atom stereocenters. The molecule has 0 bridgehead atoms. The number of ether oxygens (including phenoxy) is 3. The quantitative estimate of drug-likeness (QED) is 0.613. The minimum atomic E-state index is -0.0147. The summed E-state index contributed by atoms with van der Waals surface area (Å²) in [7, 11) is 3.50. The van der Waals surface area contributed by atoms with E-state index in [2.05, 4.69) is 21.3 Å². The maximum atomic E-state index is 5.97. The molecule has 0 aliphatic carbocycles. The number of terminal acetylenes is 1. The van der Waals surface area contributed by atoms with Gasteiger partial charge in [0.2, 0.25) is 5.95 Å². The van der Waals surface area contributed by atoms with Gasteiger partial charge in [0.05, 0.1) is 37.3 Å². The van der Waals surface area contributed by atoms with E-state index in [1.54, 1.807) is 18.0 Å². The molecule has 152 valence electrons. The lowest BCUT2D eigenvalue weighted by Crippen LogP contribution is -2.46. The van der Waals surface area contributed by atoms with Gasteiger partial charge in [0.1, 0.15) is 17.4 Å². The van der Waals surface area contributed by atoms with Crippen molar-refractivity contribution < 1.29 is 14.2 Å². The highest BCUT2D eigenvalue weighted by Gasteiger charge is 2.31. The number of hydrogen-bond donors (Lipinski definition) is 1. The first kappa shape index (κ1) is 19.2. The van der Waals surface area contributed by atoms with Crippen LogP contribution in [0.5, 0.6) is 5.88 Å². The van der Waals surface area contributed by atoms with Crippen LogP contribution in [0, 0.1) is 12.3 Å². The Morgan fingerprint density at radius 3 is 2.97 bits per heavy atom. The van der Waals surface area contributed by atoms with Crippen molar-refractivity contribution in [3.05, 3.63) is 24.2 Å². The third-order valence-corrected chi connectivity index (χ3v) is 4.92. The molecule has 0 spiro atoms. The molecule has 9 nitrogen and oxygen atoms in total. The van der Waals surface area contributed by atoms with E-state index in [1.165, 1.54) is 0 Å². The molecule has 29 heavy (non-hydrogen) atoms. The SMILES string of the molecule is C#Cc1cc2cnc(Nc3cn(C)nc3O[C@H]3CO[C@@H]3C)nc2n1[C@@H](C)COC. The Bertz CT molecular complexity index is 1070. The summed E-state index contributed by atoms with van der Waals surface area (Å²) in [5, 5.41) is 8.47. The average Bonchev–Trinajstić information content (AvgIpc) is 3.24. The van der Waals surface area contributed by atoms with Gasteiger partial charge in [-0.15, -0.1) is 11.5 Å². The molecule has 0 radical (unpaired) electrons. The normalized spacial score (nSPS) is 19.6. The molecular formula is C20H24N6O3. The lowest BCUT2D eigenvalue weighted by molar-refractivity contribution is -0.140. The predicted octanol–water partition coefficient (Wildman–Crippen LogP) is 2.26. The minimum Gasteiger partial charge on any atom is -0.467 e. The second-order valence-electron chi connectivity index (χ2n) is 7.16. The fraction of sp³-hybridized carbons (Fsp3) is 0.450. The number of fused-ring (bicyclic) bond motifs is 1. The van der Waals surface area contributed by atoms with E-state index in [-0.39, 0.29) is 18.2 Å². The van der Waals surface area contributed by atoms with Gasteiger partial charge in [0, 0.05) is 25.7 Å². The lowest BCUT2D eigenvalue weighted by Gasteiger charge is -2.33. The van der Waals surface area contributed by atoms with Gasteiger partial charge >= 0.3 is 0 Å². The molecule has 0 aromatic carbocycles. The van der Waals surface area contributed by atoms with Crippen molar-refractivity contribution in [3.63, 3.8) is 0 Å². The summed E-state index contributed by atoms with van der Waals surface area (Å²) < 4.78 is 20.3. The highest BCUT2D eigenvalue weighted by molar-refractivity contribution is 5.79. The van der Waals surface area contributed by atoms with Gasteiger partial charge in [-0.05, 0) is 19.9 Å². The summed E-state index contributed by atoms with van der Waals surface area (Å²) in [4.78, 5) is 9.12. The summed E-state index contributed by atoms with van der Waals surface area (Å²) in [6.45, 7) is 5.08. The van der Waals surface area contributed by atoms with Crippen molar-refractivity contribution in [3.8, 4) is 18.2 Å². The molecule has 4 heterocycles. The first-order valence-electron chi connectivity index (χ1n) is 9.42. The molecular weight excluding hydrogens is 372 g/mol. The zero-order valence-electron chi connectivity index (χ0n) is 16.9. The first-order valence-corrected chi connectivity index (χ1v) is 9.42. The van der Waals surface area contributed by atoms with Crippen molar-refractivity contribution in [2.45, 2.75) is 32.1 Å². The van der Waals surface area contributed by atoms with E-state index < -0.39 is 0 Å². The number of anilines is 2. The van der Waals surface area contributed by atoms with Crippen molar-refractivity contribution in [1.29, 1.82) is 0 Å². The van der Waals surface area contributed by atoms with Crippen LogP contribution in [-0.2, 0) is 16.5 Å². The molecule has 9 heteroatoms. The number of rotatable bonds is 7. The Morgan fingerprint density at radius 1 is 1.48 bits per heavy atom. The van der Waals surface area contributed by atoms with Crippen LogP contribution >= 0.6 is 0 Å². The van der Waals surface area contributed by atoms with Crippen LogP contribution in [0.4, 0.5) is 11.6 Å². The number of nitrogens with one attached hydrogen (secondary N) is 1. The van der Waals surface area contributed by atoms with E-state index in [4.69, 9.17) is 25.6 Å². The summed E-state index contributed by atoms with van der Waals surface area (Å²) in [6.07, 6.45) is 9.30. The maximum Gasteiger partial charge on any atom is 0.257 e. The van der Waals surface area contributed by atoms with Crippen LogP contribution in [0.25, 0.3) is 11.0 Å². The van der Waals surface area contributed by atoms with Crippen molar-refractivity contribution in [1.82, 2.24) is 24.3 Å². The Kier molecular flexibility index (Phi) is 5.13. The number of hydrogen-bond acceptors (Lipinski definition) is 7. The highest BCUT2D eigenvalue weighted by atomic mass is 16.6. The summed E-state index contributed by atoms with van der Waals surface area (Å²) in [5.74, 6) is 3.64. The van der Waals surface area contributed by atoms with Crippen molar-refractivity contribution in [2.24, 2.45) is 7.05 Å². The van der Waals surface area contributed by atoms with Crippen LogP contribution in [0.1, 0.15) is 25.6 Å². The largest absolute Gasteiger partial charge is 0.467 e. The van der Waals surface area contributed by atoms with Gasteiger partial charge in [-0.1, -0.05) is 5.92 Å². The van der Waals surface area contributed by atoms with Crippen LogP contribution in [0.3, 0.4) is 0 Å². The Hall–Kier alpha value is -3.09. The van der Waals surface area contributed by atoms with Crippen LogP contribution in [0.2, 0.25) is 0 Å². The topological polar surface area (TPSA) is 88.3 Å². The van der Waals surface area contributed by atoms with Gasteiger partial charge in [0.25, 0.3) is 5.88 Å². The number of aromatic nitrogens is 5. The van der Waals surface area contributed by atoms with Crippen LogP contribution in [-0.4, -0.2) is 56.8 Å². The van der Waals surface area contributed by atoms with Crippen molar-refractivity contribution in [2.75, 3.05) is 25.6 Å². The van der Waals surface area contributed by atoms with Gasteiger partial charge in [-0.25, -0.2) is 4.98 Å². The van der Waals surface area contributed by atoms with E-state index in [0.717, 1.165) is 16.7 Å². The number of aryl methyl sites for hydroxylation is 1. The van der Waals surface area contributed by atoms with Crippen molar-refractivity contribution >= 4 is 22.7 Å². The predicted molar refractivity (Wildman–Crippen MR) is 108 cm³/mol. The van der Waals surface area contributed by atoms with Gasteiger partial charge < -0.3 is 24.1 Å². The molecule has 1 fully saturated rings. The standard InChI is InChI=1S/C20H24N6O3/c1-6-15-7-14-8-21-20(23-18(14)26(15)12(2)10-27-5)22-16-9-25(4)24-19(16)29-17-11-28-13(17)3/h1,7-9,12-13,17H,10-11H2,2-5H3,(H,21,22,23)/t12-,13+,17-/m0/s1. The molecule has 1 N–H and O–H groups in total. The number of nitrogens with zero attached hydrogens (tertiary/aromatic N) is 5. The molecule has 1 aliphatic rings. The summed E-state index contributed by atoms with van der Waals surface area (Å²) in [5.41, 5.74) is 2.17. The minimum absolute atomic E-state index is 0.0147. The maximum absolute atomic E-state index is 5.97. The molecule has 0 saturated carbocycles. The molecule has 4 rings (SSSR count). The second kappa shape index (κ2) is 7.73. The lowest BCUT2D eigenvalue weighted by atomic mass is 10.2. The van der Waals surface area contributed by atoms with E-state index in [0.29, 0.717) is 30.7 Å². The molecule has 1 saturated heterocycles. The van der Waals surface area contributed by atoms with E-state index >= 15 is 0 Å². The summed E-state index contributed by atoms with van der Waals surface area (Å²) in [6, 6.07) is 1.94. The highest BCUT2D eigenvalue weighted by Crippen LogP contribution is 2.29. The van der Waals surface area contributed by atoms with E-state index in [1.807, 2.05) is 37.7 Å². The Labute approximate surface area is 169 Å². The van der Waals surface area contributed by atoms with Gasteiger partial charge in [-0.2, -0.15) is 4.98 Å². The van der Waals surface area contributed by atoms with E-state index in [9.17, 15) is 0 Å². The fourth-order valence-electron chi connectivity index (χ4n) is 3.34. The smallest absolute Gasteiger partial charge is 0.257 e. The molecule has 0 amide bonds. The Balaban J connectivity index is 1.65. The van der Waals surface area contributed by atoms with Crippen LogP contribution in [0.15, 0.2) is 18.5 Å². The van der Waals surface area contributed by atoms with Gasteiger partial charge in [0.15, 0.2) is 0 Å². The second-order valence-corrected chi connectivity index (χ2v) is 7.16. The molecule has 3 aromatic heterocycles. The molecule has 3 atom stereocenters. The third kappa shape index (κ3) is 3.64. The van der Waals surface area contributed by atoms with Crippen LogP contribution < -0.4 is 10.1 Å². The third-order valence-electron chi connectivity index (χ3n) is 4.92. The fourth-order valence-corrected chi connectivity index (χ4v) is 3.34. The van der Waals surface area contributed by atoms with Gasteiger partial charge in [-0.3, -0.25) is 4.68 Å². The number of methoxy groups -OCH3 is 1. The zero-order chi connectivity index (χ0) is 20.5.